The van der Waals surface area contributed by atoms with E-state index in [1.165, 1.54) is 11.3 Å². The first-order chi connectivity index (χ1) is 12.6. The van der Waals surface area contributed by atoms with Crippen molar-refractivity contribution in [3.8, 4) is 0 Å². The van der Waals surface area contributed by atoms with E-state index in [-0.39, 0.29) is 17.6 Å². The molecule has 0 radical (unpaired) electrons. The summed E-state index contributed by atoms with van der Waals surface area (Å²) in [6, 6.07) is 12.7. The van der Waals surface area contributed by atoms with Crippen molar-refractivity contribution < 1.29 is 14.0 Å². The standard InChI is InChI=1S/C19H15BrN2O3S/c20-17-8-7-15(25-17)18(23)21-13-5-6-14-12(11-13)3-1-9-22(14)19(24)16-4-2-10-26-16/h2,4-8,10-11H,1,3,9H2,(H,21,23). The molecule has 0 unspecified atom stereocenters. The molecule has 1 aliphatic rings. The second-order valence-corrected chi connectivity index (χ2v) is 7.67. The average molecular weight is 431 g/mol. The summed E-state index contributed by atoms with van der Waals surface area (Å²) in [5, 5.41) is 4.74. The zero-order valence-electron chi connectivity index (χ0n) is 13.7. The Hall–Kier alpha value is -2.38. The molecule has 0 fully saturated rings. The van der Waals surface area contributed by atoms with Gasteiger partial charge < -0.3 is 14.6 Å². The number of nitrogens with one attached hydrogen (secondary N) is 1. The molecule has 26 heavy (non-hydrogen) atoms. The Kier molecular flexibility index (Phi) is 4.65. The van der Waals surface area contributed by atoms with Crippen LogP contribution < -0.4 is 10.2 Å². The molecule has 132 valence electrons. The highest BCUT2D eigenvalue weighted by Gasteiger charge is 2.24. The topological polar surface area (TPSA) is 62.6 Å². The van der Waals surface area contributed by atoms with Crippen molar-refractivity contribution in [2.45, 2.75) is 12.8 Å². The highest BCUT2D eigenvalue weighted by atomic mass is 79.9. The van der Waals surface area contributed by atoms with Crippen molar-refractivity contribution in [1.29, 1.82) is 0 Å². The van der Waals surface area contributed by atoms with Gasteiger partial charge in [0.2, 0.25) is 0 Å². The number of carbonyl (C=O) groups is 2. The summed E-state index contributed by atoms with van der Waals surface area (Å²) in [7, 11) is 0. The van der Waals surface area contributed by atoms with Crippen LogP contribution in [0.2, 0.25) is 0 Å². The molecule has 1 aromatic carbocycles. The lowest BCUT2D eigenvalue weighted by molar-refractivity contribution is 0.0983. The summed E-state index contributed by atoms with van der Waals surface area (Å²) >= 11 is 4.64. The van der Waals surface area contributed by atoms with Crippen LogP contribution in [-0.4, -0.2) is 18.4 Å². The molecular weight excluding hydrogens is 416 g/mol. The maximum absolute atomic E-state index is 12.7. The van der Waals surface area contributed by atoms with Gasteiger partial charge >= 0.3 is 0 Å². The van der Waals surface area contributed by atoms with Crippen LogP contribution in [0.25, 0.3) is 0 Å². The van der Waals surface area contributed by atoms with Crippen molar-refractivity contribution in [2.24, 2.45) is 0 Å². The van der Waals surface area contributed by atoms with Crippen LogP contribution in [0.3, 0.4) is 0 Å². The van der Waals surface area contributed by atoms with Crippen LogP contribution in [0.5, 0.6) is 0 Å². The van der Waals surface area contributed by atoms with E-state index in [4.69, 9.17) is 4.42 Å². The molecule has 7 heteroatoms. The third-order valence-corrected chi connectivity index (χ3v) is 5.51. The maximum Gasteiger partial charge on any atom is 0.291 e. The second-order valence-electron chi connectivity index (χ2n) is 5.94. The van der Waals surface area contributed by atoms with Crippen molar-refractivity contribution in [1.82, 2.24) is 0 Å². The van der Waals surface area contributed by atoms with Crippen molar-refractivity contribution in [3.63, 3.8) is 0 Å². The first-order valence-electron chi connectivity index (χ1n) is 8.17. The summed E-state index contributed by atoms with van der Waals surface area (Å²) < 4.78 is 5.78. The van der Waals surface area contributed by atoms with Gasteiger partial charge in [-0.1, -0.05) is 6.07 Å². The average Bonchev–Trinajstić information content (AvgIpc) is 3.32. The number of anilines is 2. The molecule has 1 aliphatic heterocycles. The number of amides is 2. The Labute approximate surface area is 162 Å². The lowest BCUT2D eigenvalue weighted by Crippen LogP contribution is -2.35. The molecule has 3 aromatic rings. The first-order valence-corrected chi connectivity index (χ1v) is 9.84. The van der Waals surface area contributed by atoms with E-state index < -0.39 is 0 Å². The molecule has 0 bridgehead atoms. The maximum atomic E-state index is 12.7. The lowest BCUT2D eigenvalue weighted by atomic mass is 10.0. The Bertz CT molecular complexity index is 965. The summed E-state index contributed by atoms with van der Waals surface area (Å²) in [6.07, 6.45) is 1.77. The van der Waals surface area contributed by atoms with Crippen LogP contribution in [0, 0.1) is 0 Å². The molecule has 1 N–H and O–H groups in total. The molecular formula is C19H15BrN2O3S. The molecule has 0 aliphatic carbocycles. The number of hydrogen-bond donors (Lipinski definition) is 1. The predicted molar refractivity (Wildman–Crippen MR) is 105 cm³/mol. The monoisotopic (exact) mass is 430 g/mol. The number of furan rings is 1. The molecule has 2 amide bonds. The molecule has 3 heterocycles. The number of aryl methyl sites for hydroxylation is 1. The van der Waals surface area contributed by atoms with Gasteiger partial charge in [0.1, 0.15) is 0 Å². The minimum atomic E-state index is -0.307. The Morgan fingerprint density at radius 1 is 1.19 bits per heavy atom. The smallest absolute Gasteiger partial charge is 0.291 e. The highest BCUT2D eigenvalue weighted by molar-refractivity contribution is 9.10. The minimum absolute atomic E-state index is 0.0261. The number of hydrogen-bond acceptors (Lipinski definition) is 4. The zero-order valence-corrected chi connectivity index (χ0v) is 16.1. The molecule has 0 spiro atoms. The van der Waals surface area contributed by atoms with Crippen LogP contribution in [0.15, 0.2) is 56.9 Å². The quantitative estimate of drug-likeness (QED) is 0.639. The Morgan fingerprint density at radius 2 is 2.08 bits per heavy atom. The summed E-state index contributed by atoms with van der Waals surface area (Å²) in [6.45, 7) is 0.704. The lowest BCUT2D eigenvalue weighted by Gasteiger charge is -2.29. The molecule has 0 saturated carbocycles. The van der Waals surface area contributed by atoms with Crippen molar-refractivity contribution in [3.05, 3.63) is 68.7 Å². The van der Waals surface area contributed by atoms with Gasteiger partial charge in [0, 0.05) is 17.9 Å². The number of thiophene rings is 1. The van der Waals surface area contributed by atoms with Gasteiger partial charge in [0.15, 0.2) is 10.4 Å². The largest absolute Gasteiger partial charge is 0.444 e. The van der Waals surface area contributed by atoms with E-state index >= 15 is 0 Å². The van der Waals surface area contributed by atoms with Gasteiger partial charge in [-0.2, -0.15) is 0 Å². The highest BCUT2D eigenvalue weighted by Crippen LogP contribution is 2.31. The Morgan fingerprint density at radius 3 is 2.81 bits per heavy atom. The van der Waals surface area contributed by atoms with E-state index in [1.807, 2.05) is 40.6 Å². The fourth-order valence-corrected chi connectivity index (χ4v) is 4.03. The third-order valence-electron chi connectivity index (χ3n) is 4.23. The Balaban J connectivity index is 1.56. The fourth-order valence-electron chi connectivity index (χ4n) is 3.05. The summed E-state index contributed by atoms with van der Waals surface area (Å²) in [4.78, 5) is 27.5. The van der Waals surface area contributed by atoms with Gasteiger partial charge in [-0.05, 0) is 76.1 Å². The van der Waals surface area contributed by atoms with Crippen LogP contribution in [-0.2, 0) is 6.42 Å². The first kappa shape index (κ1) is 17.1. The van der Waals surface area contributed by atoms with Crippen LogP contribution in [0.1, 0.15) is 32.2 Å². The number of rotatable bonds is 3. The number of benzene rings is 1. The normalized spacial score (nSPS) is 13.3. The third kappa shape index (κ3) is 3.32. The van der Waals surface area contributed by atoms with Crippen molar-refractivity contribution >= 4 is 50.5 Å². The molecule has 5 nitrogen and oxygen atoms in total. The number of fused-ring (bicyclic) bond motifs is 1. The number of carbonyl (C=O) groups excluding carboxylic acids is 2. The van der Waals surface area contributed by atoms with E-state index in [2.05, 4.69) is 21.2 Å². The molecule has 2 aromatic heterocycles. The van der Waals surface area contributed by atoms with Gasteiger partial charge in [0.25, 0.3) is 11.8 Å². The van der Waals surface area contributed by atoms with Gasteiger partial charge in [0.05, 0.1) is 4.88 Å². The molecule has 0 saturated heterocycles. The van der Waals surface area contributed by atoms with E-state index in [9.17, 15) is 9.59 Å². The minimum Gasteiger partial charge on any atom is -0.444 e. The van der Waals surface area contributed by atoms with Gasteiger partial charge in [-0.15, -0.1) is 11.3 Å². The van der Waals surface area contributed by atoms with Crippen LogP contribution in [0.4, 0.5) is 11.4 Å². The van der Waals surface area contributed by atoms with Crippen molar-refractivity contribution in [2.75, 3.05) is 16.8 Å². The number of halogens is 1. The van der Waals surface area contributed by atoms with E-state index in [0.29, 0.717) is 16.9 Å². The SMILES string of the molecule is O=C(Nc1ccc2c(c1)CCCN2C(=O)c1cccs1)c1ccc(Br)o1. The molecule has 4 rings (SSSR count). The predicted octanol–water partition coefficient (Wildman–Crippen LogP) is 4.95. The number of nitrogens with zero attached hydrogens (tertiary/aromatic N) is 1. The van der Waals surface area contributed by atoms with Gasteiger partial charge in [-0.3, -0.25) is 9.59 Å². The summed E-state index contributed by atoms with van der Waals surface area (Å²) in [5.74, 6) is -0.0414. The second kappa shape index (κ2) is 7.09. The zero-order chi connectivity index (χ0) is 18.1. The van der Waals surface area contributed by atoms with E-state index in [0.717, 1.165) is 29.0 Å². The molecule has 0 atom stereocenters. The van der Waals surface area contributed by atoms with Gasteiger partial charge in [-0.25, -0.2) is 0 Å². The fraction of sp³-hybridized carbons (Fsp3) is 0.158. The van der Waals surface area contributed by atoms with Crippen LogP contribution >= 0.6 is 27.3 Å². The summed E-state index contributed by atoms with van der Waals surface area (Å²) in [5.41, 5.74) is 2.65. The van der Waals surface area contributed by atoms with E-state index in [1.54, 1.807) is 12.1 Å².